The molecule has 5 atom stereocenters. The van der Waals surface area contributed by atoms with Gasteiger partial charge in [-0.3, -0.25) is 14.4 Å². The second-order valence-corrected chi connectivity index (χ2v) is 9.15. The molecule has 0 spiro atoms. The normalized spacial score (nSPS) is 27.5. The lowest BCUT2D eigenvalue weighted by Crippen LogP contribution is -2.53. The zero-order chi connectivity index (χ0) is 25.4. The Kier molecular flexibility index (Phi) is 6.07. The summed E-state index contributed by atoms with van der Waals surface area (Å²) in [5.41, 5.74) is 0.00981. The maximum absolute atomic E-state index is 13.9. The minimum Gasteiger partial charge on any atom is -0.469 e. The Bertz CT molecular complexity index is 1270. The zero-order valence-corrected chi connectivity index (χ0v) is 19.9. The van der Waals surface area contributed by atoms with E-state index >= 15 is 0 Å². The summed E-state index contributed by atoms with van der Waals surface area (Å²) in [5.74, 6) is -2.62. The second-order valence-electron chi connectivity index (χ2n) is 9.15. The molecule has 3 aromatic carbocycles. The number of fused-ring (bicyclic) bond motifs is 1. The number of carbonyl (C=O) groups is 3. The maximum atomic E-state index is 13.9. The number of hydrazine groups is 1. The predicted molar refractivity (Wildman–Crippen MR) is 131 cm³/mol. The third-order valence-electron chi connectivity index (χ3n) is 6.99. The SMILES string of the molecule is COC(=O)[C@H]1[C@@H](c2ccccc2)N2[C@@H](c3ccccc3)[C@H](NC(=O)c3ccccc3)C(=O)N2C1(C)O. The molecule has 0 aliphatic carbocycles. The van der Waals surface area contributed by atoms with Gasteiger partial charge >= 0.3 is 5.97 Å². The fourth-order valence-corrected chi connectivity index (χ4v) is 5.42. The summed E-state index contributed by atoms with van der Waals surface area (Å²) in [7, 11) is 1.26. The number of rotatable bonds is 5. The molecule has 2 amide bonds. The van der Waals surface area contributed by atoms with Gasteiger partial charge in [-0.1, -0.05) is 78.9 Å². The van der Waals surface area contributed by atoms with Gasteiger partial charge in [-0.15, -0.1) is 0 Å². The van der Waals surface area contributed by atoms with E-state index in [1.54, 1.807) is 35.3 Å². The van der Waals surface area contributed by atoms with Crippen molar-refractivity contribution in [1.29, 1.82) is 0 Å². The van der Waals surface area contributed by atoms with Crippen LogP contribution in [0.2, 0.25) is 0 Å². The first-order valence-electron chi connectivity index (χ1n) is 11.7. The molecule has 2 fully saturated rings. The zero-order valence-electron chi connectivity index (χ0n) is 19.9. The van der Waals surface area contributed by atoms with Crippen LogP contribution in [0.1, 0.15) is 40.5 Å². The van der Waals surface area contributed by atoms with Gasteiger partial charge in [-0.25, -0.2) is 5.01 Å². The van der Waals surface area contributed by atoms with Gasteiger partial charge in [0, 0.05) is 5.56 Å². The van der Waals surface area contributed by atoms with Crippen LogP contribution in [0.4, 0.5) is 0 Å². The maximum Gasteiger partial charge on any atom is 0.315 e. The Morgan fingerprint density at radius 1 is 0.861 bits per heavy atom. The lowest BCUT2D eigenvalue weighted by atomic mass is 9.84. The Labute approximate surface area is 209 Å². The van der Waals surface area contributed by atoms with Crippen molar-refractivity contribution in [2.24, 2.45) is 5.92 Å². The summed E-state index contributed by atoms with van der Waals surface area (Å²) >= 11 is 0. The topological polar surface area (TPSA) is 99.2 Å². The van der Waals surface area contributed by atoms with E-state index in [0.29, 0.717) is 5.56 Å². The molecule has 2 aliphatic heterocycles. The molecule has 0 saturated carbocycles. The number of ether oxygens (including phenoxy) is 1. The first-order chi connectivity index (χ1) is 17.4. The summed E-state index contributed by atoms with van der Waals surface area (Å²) in [4.78, 5) is 40.1. The highest BCUT2D eigenvalue weighted by Gasteiger charge is 2.68. The average Bonchev–Trinajstić information content (AvgIpc) is 3.33. The largest absolute Gasteiger partial charge is 0.469 e. The van der Waals surface area contributed by atoms with Crippen molar-refractivity contribution in [2.75, 3.05) is 7.11 Å². The Balaban J connectivity index is 1.65. The van der Waals surface area contributed by atoms with Gasteiger partial charge in [0.2, 0.25) is 0 Å². The Morgan fingerprint density at radius 2 is 1.36 bits per heavy atom. The molecule has 8 heteroatoms. The van der Waals surface area contributed by atoms with Crippen LogP contribution in [-0.4, -0.2) is 51.8 Å². The molecule has 5 rings (SSSR count). The molecule has 2 saturated heterocycles. The molecule has 3 aromatic rings. The van der Waals surface area contributed by atoms with Gasteiger partial charge in [0.05, 0.1) is 19.2 Å². The highest BCUT2D eigenvalue weighted by atomic mass is 16.5. The number of methoxy groups -OCH3 is 1. The van der Waals surface area contributed by atoms with E-state index in [0.717, 1.165) is 11.1 Å². The Morgan fingerprint density at radius 3 is 1.89 bits per heavy atom. The molecule has 36 heavy (non-hydrogen) atoms. The van der Waals surface area contributed by atoms with E-state index in [1.807, 2.05) is 60.7 Å². The standard InChI is InChI=1S/C28H27N3O5/c1-28(35)21(27(34)36-2)23(18-12-6-3-7-13-18)30-24(19-14-8-4-9-15-19)22(26(33)31(28)30)29-25(32)20-16-10-5-11-17-20/h3-17,21-24,35H,1-2H3,(H,29,32)/t21-,22+,23-,24+,28?/m1/s1. The minimum atomic E-state index is -1.90. The number of carbonyl (C=O) groups excluding carboxylic acids is 3. The fraction of sp³-hybridized carbons (Fsp3) is 0.250. The van der Waals surface area contributed by atoms with Crippen LogP contribution in [0.5, 0.6) is 0 Å². The molecule has 184 valence electrons. The first-order valence-corrected chi connectivity index (χ1v) is 11.7. The first kappa shape index (κ1) is 23.7. The van der Waals surface area contributed by atoms with Crippen molar-refractivity contribution in [3.63, 3.8) is 0 Å². The van der Waals surface area contributed by atoms with Crippen molar-refractivity contribution >= 4 is 17.8 Å². The van der Waals surface area contributed by atoms with Gasteiger partial charge in [-0.2, -0.15) is 5.01 Å². The summed E-state index contributed by atoms with van der Waals surface area (Å²) in [6.07, 6.45) is 0. The van der Waals surface area contributed by atoms with E-state index in [9.17, 15) is 19.5 Å². The molecule has 8 nitrogen and oxygen atoms in total. The van der Waals surface area contributed by atoms with E-state index in [1.165, 1.54) is 19.0 Å². The molecule has 2 N–H and O–H groups in total. The predicted octanol–water partition coefficient (Wildman–Crippen LogP) is 2.84. The highest BCUT2D eigenvalue weighted by molar-refractivity contribution is 5.98. The fourth-order valence-electron chi connectivity index (χ4n) is 5.42. The number of aliphatic hydroxyl groups is 1. The van der Waals surface area contributed by atoms with Crippen molar-refractivity contribution in [3.8, 4) is 0 Å². The van der Waals surface area contributed by atoms with Gasteiger partial charge in [-0.05, 0) is 30.2 Å². The third kappa shape index (κ3) is 3.75. The number of esters is 1. The van der Waals surface area contributed by atoms with Gasteiger partial charge in [0.15, 0.2) is 5.72 Å². The number of nitrogens with zero attached hydrogens (tertiary/aromatic N) is 2. The molecule has 2 heterocycles. The quantitative estimate of drug-likeness (QED) is 0.540. The second kappa shape index (κ2) is 9.22. The molecule has 1 unspecified atom stereocenters. The van der Waals surface area contributed by atoms with Gasteiger partial charge < -0.3 is 15.2 Å². The van der Waals surface area contributed by atoms with Gasteiger partial charge in [0.1, 0.15) is 12.0 Å². The Hall–Kier alpha value is -4.01. The van der Waals surface area contributed by atoms with Crippen LogP contribution >= 0.6 is 0 Å². The molecule has 0 radical (unpaired) electrons. The lowest BCUT2D eigenvalue weighted by Gasteiger charge is -2.33. The highest BCUT2D eigenvalue weighted by Crippen LogP contribution is 2.54. The van der Waals surface area contributed by atoms with E-state index in [2.05, 4.69) is 5.32 Å². The third-order valence-corrected chi connectivity index (χ3v) is 6.99. The molecule has 0 aromatic heterocycles. The average molecular weight is 486 g/mol. The van der Waals surface area contributed by atoms with Crippen LogP contribution in [-0.2, 0) is 14.3 Å². The summed E-state index contributed by atoms with van der Waals surface area (Å²) in [5, 5.41) is 17.6. The molecular weight excluding hydrogens is 458 g/mol. The monoisotopic (exact) mass is 485 g/mol. The number of hydrogen-bond acceptors (Lipinski definition) is 6. The van der Waals surface area contributed by atoms with Crippen LogP contribution in [0.3, 0.4) is 0 Å². The van der Waals surface area contributed by atoms with Crippen LogP contribution < -0.4 is 5.32 Å². The number of benzene rings is 3. The summed E-state index contributed by atoms with van der Waals surface area (Å²) in [6.45, 7) is 1.44. The van der Waals surface area contributed by atoms with E-state index < -0.39 is 47.6 Å². The summed E-state index contributed by atoms with van der Waals surface area (Å²) in [6, 6.07) is 24.8. The molecule has 0 bridgehead atoms. The van der Waals surface area contributed by atoms with E-state index in [4.69, 9.17) is 4.74 Å². The minimum absolute atomic E-state index is 0.405. The van der Waals surface area contributed by atoms with Crippen molar-refractivity contribution in [1.82, 2.24) is 15.3 Å². The smallest absolute Gasteiger partial charge is 0.315 e. The van der Waals surface area contributed by atoms with Crippen LogP contribution in [0, 0.1) is 5.92 Å². The summed E-state index contributed by atoms with van der Waals surface area (Å²) < 4.78 is 5.08. The van der Waals surface area contributed by atoms with Gasteiger partial charge in [0.25, 0.3) is 11.8 Å². The lowest BCUT2D eigenvalue weighted by molar-refractivity contribution is -0.182. The van der Waals surface area contributed by atoms with Crippen LogP contribution in [0.25, 0.3) is 0 Å². The molecular formula is C28H27N3O5. The van der Waals surface area contributed by atoms with Crippen LogP contribution in [0.15, 0.2) is 91.0 Å². The van der Waals surface area contributed by atoms with Crippen molar-refractivity contribution < 1.29 is 24.2 Å². The number of amides is 2. The van der Waals surface area contributed by atoms with Crippen molar-refractivity contribution in [2.45, 2.75) is 30.8 Å². The number of hydrogen-bond donors (Lipinski definition) is 2. The van der Waals surface area contributed by atoms with Crippen molar-refractivity contribution in [3.05, 3.63) is 108 Å². The number of nitrogens with one attached hydrogen (secondary N) is 1. The van der Waals surface area contributed by atoms with E-state index in [-0.39, 0.29) is 0 Å². The molecule has 2 aliphatic rings.